The third-order valence-electron chi connectivity index (χ3n) is 1.80. The summed E-state index contributed by atoms with van der Waals surface area (Å²) >= 11 is 0. The van der Waals surface area contributed by atoms with Gasteiger partial charge in [-0.3, -0.25) is 0 Å². The fourth-order valence-electron chi connectivity index (χ4n) is 0.991. The molecule has 0 aromatic heterocycles. The van der Waals surface area contributed by atoms with E-state index in [0.717, 1.165) is 19.1 Å². The Morgan fingerprint density at radius 2 is 1.54 bits per heavy atom. The standard InChI is InChI=1S/C12H20O/c1-2-3-4-5-6-7-8-9-10-11-12-13/h5-8,12H,2-4,9-11H2,1H3/b6-5-,8-7-. The highest BCUT2D eigenvalue weighted by atomic mass is 16.1. The summed E-state index contributed by atoms with van der Waals surface area (Å²) in [6.45, 7) is 2.20. The second-order valence-corrected chi connectivity index (χ2v) is 3.10. The van der Waals surface area contributed by atoms with Crippen molar-refractivity contribution >= 4 is 6.29 Å². The fourth-order valence-corrected chi connectivity index (χ4v) is 0.991. The molecule has 0 atom stereocenters. The van der Waals surface area contributed by atoms with Crippen molar-refractivity contribution < 1.29 is 4.79 Å². The first-order chi connectivity index (χ1) is 6.41. The van der Waals surface area contributed by atoms with E-state index in [4.69, 9.17) is 0 Å². The molecule has 0 aromatic carbocycles. The van der Waals surface area contributed by atoms with Crippen molar-refractivity contribution in [3.05, 3.63) is 24.3 Å². The lowest BCUT2D eigenvalue weighted by Crippen LogP contribution is -1.72. The number of rotatable bonds is 8. The van der Waals surface area contributed by atoms with Crippen LogP contribution in [0.25, 0.3) is 0 Å². The maximum atomic E-state index is 9.97. The molecule has 0 saturated carbocycles. The number of carbonyl (C=O) groups excluding carboxylic acids is 1. The Hall–Kier alpha value is -0.850. The van der Waals surface area contributed by atoms with Crippen molar-refractivity contribution in [3.8, 4) is 0 Å². The van der Waals surface area contributed by atoms with Gasteiger partial charge in [0.25, 0.3) is 0 Å². The van der Waals surface area contributed by atoms with E-state index in [1.807, 2.05) is 0 Å². The summed E-state index contributed by atoms with van der Waals surface area (Å²) in [5.74, 6) is 0. The van der Waals surface area contributed by atoms with Gasteiger partial charge in [0.1, 0.15) is 6.29 Å². The zero-order valence-electron chi connectivity index (χ0n) is 8.54. The molecule has 0 aliphatic rings. The molecule has 0 aliphatic heterocycles. The van der Waals surface area contributed by atoms with Gasteiger partial charge in [-0.25, -0.2) is 0 Å². The molecular weight excluding hydrogens is 160 g/mol. The van der Waals surface area contributed by atoms with Gasteiger partial charge in [-0.05, 0) is 19.3 Å². The van der Waals surface area contributed by atoms with Crippen LogP contribution in [0.15, 0.2) is 24.3 Å². The maximum absolute atomic E-state index is 9.97. The SMILES string of the molecule is CCCC/C=C\C=C/CCCC=O. The number of hydrogen-bond acceptors (Lipinski definition) is 1. The minimum atomic E-state index is 0.684. The van der Waals surface area contributed by atoms with Crippen LogP contribution < -0.4 is 0 Å². The van der Waals surface area contributed by atoms with Crippen molar-refractivity contribution in [1.29, 1.82) is 0 Å². The first-order valence-corrected chi connectivity index (χ1v) is 5.17. The van der Waals surface area contributed by atoms with Crippen LogP contribution in [0.1, 0.15) is 45.4 Å². The Balaban J connectivity index is 3.19. The van der Waals surface area contributed by atoms with Gasteiger partial charge in [-0.1, -0.05) is 44.1 Å². The first kappa shape index (κ1) is 12.2. The van der Waals surface area contributed by atoms with Crippen LogP contribution in [0.5, 0.6) is 0 Å². The van der Waals surface area contributed by atoms with E-state index in [-0.39, 0.29) is 0 Å². The van der Waals surface area contributed by atoms with Crippen LogP contribution in [0, 0.1) is 0 Å². The van der Waals surface area contributed by atoms with Gasteiger partial charge in [0.2, 0.25) is 0 Å². The second kappa shape index (κ2) is 11.2. The Morgan fingerprint density at radius 3 is 2.08 bits per heavy atom. The van der Waals surface area contributed by atoms with Crippen molar-refractivity contribution in [2.24, 2.45) is 0 Å². The van der Waals surface area contributed by atoms with Gasteiger partial charge in [0.05, 0.1) is 0 Å². The molecule has 0 aliphatic carbocycles. The summed E-state index contributed by atoms with van der Waals surface area (Å²) in [7, 11) is 0. The Bertz CT molecular complexity index is 157. The summed E-state index contributed by atoms with van der Waals surface area (Å²) in [4.78, 5) is 9.97. The van der Waals surface area contributed by atoms with Gasteiger partial charge < -0.3 is 4.79 Å². The monoisotopic (exact) mass is 180 g/mol. The lowest BCUT2D eigenvalue weighted by molar-refractivity contribution is -0.107. The van der Waals surface area contributed by atoms with Gasteiger partial charge in [-0.15, -0.1) is 0 Å². The summed E-state index contributed by atoms with van der Waals surface area (Å²) in [6.07, 6.45) is 15.8. The van der Waals surface area contributed by atoms with E-state index < -0.39 is 0 Å². The van der Waals surface area contributed by atoms with Crippen molar-refractivity contribution in [2.75, 3.05) is 0 Å². The molecule has 0 bridgehead atoms. The highest BCUT2D eigenvalue weighted by molar-refractivity contribution is 5.49. The molecule has 0 spiro atoms. The van der Waals surface area contributed by atoms with Gasteiger partial charge in [0.15, 0.2) is 0 Å². The van der Waals surface area contributed by atoms with E-state index in [1.165, 1.54) is 19.3 Å². The maximum Gasteiger partial charge on any atom is 0.120 e. The van der Waals surface area contributed by atoms with Crippen LogP contribution in [-0.2, 0) is 4.79 Å². The Kier molecular flexibility index (Phi) is 10.4. The Labute approximate surface area is 81.5 Å². The molecule has 0 rings (SSSR count). The lowest BCUT2D eigenvalue weighted by atomic mass is 10.2. The molecular formula is C12H20O. The van der Waals surface area contributed by atoms with Crippen LogP contribution in [0.4, 0.5) is 0 Å². The van der Waals surface area contributed by atoms with Crippen molar-refractivity contribution in [1.82, 2.24) is 0 Å². The molecule has 0 unspecified atom stereocenters. The number of carbonyl (C=O) groups is 1. The predicted octanol–water partition coefficient (Wildman–Crippen LogP) is 3.66. The highest BCUT2D eigenvalue weighted by Gasteiger charge is 1.80. The zero-order chi connectivity index (χ0) is 9.78. The van der Waals surface area contributed by atoms with Crippen LogP contribution in [-0.4, -0.2) is 6.29 Å². The van der Waals surface area contributed by atoms with E-state index in [2.05, 4.69) is 31.2 Å². The van der Waals surface area contributed by atoms with Crippen molar-refractivity contribution in [3.63, 3.8) is 0 Å². The van der Waals surface area contributed by atoms with E-state index in [1.54, 1.807) is 0 Å². The molecule has 0 saturated heterocycles. The summed E-state index contributed by atoms with van der Waals surface area (Å²) in [5.41, 5.74) is 0. The van der Waals surface area contributed by atoms with Crippen molar-refractivity contribution in [2.45, 2.75) is 45.4 Å². The number of unbranched alkanes of at least 4 members (excludes halogenated alkanes) is 4. The molecule has 0 amide bonds. The zero-order valence-corrected chi connectivity index (χ0v) is 8.54. The van der Waals surface area contributed by atoms with Gasteiger partial charge in [0, 0.05) is 6.42 Å². The molecule has 1 heteroatoms. The van der Waals surface area contributed by atoms with Crippen LogP contribution in [0.3, 0.4) is 0 Å². The normalized spacial score (nSPS) is 11.5. The third-order valence-corrected chi connectivity index (χ3v) is 1.80. The third kappa shape index (κ3) is 11.1. The van der Waals surface area contributed by atoms with E-state index >= 15 is 0 Å². The summed E-state index contributed by atoms with van der Waals surface area (Å²) in [5, 5.41) is 0. The molecule has 0 N–H and O–H groups in total. The molecule has 0 aromatic rings. The lowest BCUT2D eigenvalue weighted by Gasteiger charge is -1.87. The number of allylic oxidation sites excluding steroid dienone is 4. The van der Waals surface area contributed by atoms with E-state index in [0.29, 0.717) is 6.42 Å². The molecule has 1 nitrogen and oxygen atoms in total. The minimum Gasteiger partial charge on any atom is -0.303 e. The summed E-state index contributed by atoms with van der Waals surface area (Å²) in [6, 6.07) is 0. The van der Waals surface area contributed by atoms with Gasteiger partial charge >= 0.3 is 0 Å². The van der Waals surface area contributed by atoms with E-state index in [9.17, 15) is 4.79 Å². The molecule has 0 radical (unpaired) electrons. The summed E-state index contributed by atoms with van der Waals surface area (Å²) < 4.78 is 0. The molecule has 13 heavy (non-hydrogen) atoms. The van der Waals surface area contributed by atoms with Gasteiger partial charge in [-0.2, -0.15) is 0 Å². The average molecular weight is 180 g/mol. The second-order valence-electron chi connectivity index (χ2n) is 3.10. The van der Waals surface area contributed by atoms with Crippen LogP contribution >= 0.6 is 0 Å². The largest absolute Gasteiger partial charge is 0.303 e. The minimum absolute atomic E-state index is 0.684. The number of hydrogen-bond donors (Lipinski definition) is 0. The van der Waals surface area contributed by atoms with Crippen LogP contribution in [0.2, 0.25) is 0 Å². The predicted molar refractivity (Wildman–Crippen MR) is 57.7 cm³/mol. The smallest absolute Gasteiger partial charge is 0.120 e. The fraction of sp³-hybridized carbons (Fsp3) is 0.583. The molecule has 0 fully saturated rings. The number of aldehydes is 1. The topological polar surface area (TPSA) is 17.1 Å². The molecule has 74 valence electrons. The molecule has 0 heterocycles. The quantitative estimate of drug-likeness (QED) is 0.316. The Morgan fingerprint density at radius 1 is 0.923 bits per heavy atom. The highest BCUT2D eigenvalue weighted by Crippen LogP contribution is 1.97. The first-order valence-electron chi connectivity index (χ1n) is 5.17. The average Bonchev–Trinajstić information content (AvgIpc) is 2.16.